The highest BCUT2D eigenvalue weighted by Gasteiger charge is 2.07. The maximum atomic E-state index is 9.62. The molecule has 1 aromatic rings. The van der Waals surface area contributed by atoms with E-state index in [9.17, 15) is 5.11 Å². The number of phenolic OH excluding ortho intramolecular Hbond substituents is 1. The topological polar surface area (TPSA) is 41.5 Å². The molecule has 16 heavy (non-hydrogen) atoms. The second kappa shape index (κ2) is 6.41. The van der Waals surface area contributed by atoms with Gasteiger partial charge in [0, 0.05) is 6.54 Å². The fraction of sp³-hybridized carbons (Fsp3) is 0.333. The number of phenols is 1. The molecule has 0 bridgehead atoms. The molecule has 1 rings (SSSR count). The highest BCUT2D eigenvalue weighted by atomic mass is 79.9. The van der Waals surface area contributed by atoms with Crippen LogP contribution in [0.2, 0.25) is 0 Å². The fourth-order valence-electron chi connectivity index (χ4n) is 1.24. The van der Waals surface area contributed by atoms with Gasteiger partial charge in [-0.15, -0.1) is 5.92 Å². The van der Waals surface area contributed by atoms with Crippen molar-refractivity contribution in [3.05, 3.63) is 22.2 Å². The molecule has 0 aromatic heterocycles. The third-order valence-corrected chi connectivity index (χ3v) is 2.63. The van der Waals surface area contributed by atoms with Crippen LogP contribution in [0.1, 0.15) is 12.5 Å². The minimum Gasteiger partial charge on any atom is -0.503 e. The van der Waals surface area contributed by atoms with Crippen molar-refractivity contribution in [3.8, 4) is 23.3 Å². The Labute approximate surface area is 104 Å². The van der Waals surface area contributed by atoms with Crippen LogP contribution in [-0.2, 0) is 6.54 Å². The molecule has 0 radical (unpaired) electrons. The van der Waals surface area contributed by atoms with E-state index in [1.54, 1.807) is 6.07 Å². The number of benzene rings is 1. The van der Waals surface area contributed by atoms with Gasteiger partial charge in [-0.2, -0.15) is 0 Å². The van der Waals surface area contributed by atoms with Crippen LogP contribution >= 0.6 is 15.9 Å². The maximum Gasteiger partial charge on any atom is 0.172 e. The molecular weight excluding hydrogens is 270 g/mol. The Kier molecular flexibility index (Phi) is 5.17. The van der Waals surface area contributed by atoms with Crippen LogP contribution in [0.15, 0.2) is 16.6 Å². The summed E-state index contributed by atoms with van der Waals surface area (Å²) in [6.45, 7) is 3.14. The smallest absolute Gasteiger partial charge is 0.172 e. The predicted octanol–water partition coefficient (Wildman–Crippen LogP) is 2.28. The summed E-state index contributed by atoms with van der Waals surface area (Å²) in [5, 5.41) is 12.8. The summed E-state index contributed by atoms with van der Waals surface area (Å²) in [5.74, 6) is 6.32. The second-order valence-corrected chi connectivity index (χ2v) is 4.01. The monoisotopic (exact) mass is 283 g/mol. The van der Waals surface area contributed by atoms with Crippen molar-refractivity contribution < 1.29 is 9.84 Å². The van der Waals surface area contributed by atoms with Gasteiger partial charge in [-0.05, 0) is 40.5 Å². The summed E-state index contributed by atoms with van der Waals surface area (Å²) in [5.41, 5.74) is 1.03. The molecule has 0 spiro atoms. The van der Waals surface area contributed by atoms with Crippen molar-refractivity contribution in [1.29, 1.82) is 0 Å². The second-order valence-electron chi connectivity index (χ2n) is 3.16. The van der Waals surface area contributed by atoms with E-state index in [2.05, 4.69) is 33.1 Å². The van der Waals surface area contributed by atoms with Crippen LogP contribution in [-0.4, -0.2) is 18.8 Å². The van der Waals surface area contributed by atoms with E-state index in [1.807, 2.05) is 13.0 Å². The van der Waals surface area contributed by atoms with Crippen molar-refractivity contribution in [1.82, 2.24) is 5.32 Å². The molecule has 0 fully saturated rings. The Morgan fingerprint density at radius 2 is 2.25 bits per heavy atom. The molecule has 4 heteroatoms. The number of methoxy groups -OCH3 is 1. The van der Waals surface area contributed by atoms with Crippen LogP contribution < -0.4 is 10.1 Å². The van der Waals surface area contributed by atoms with Crippen LogP contribution in [0.4, 0.5) is 0 Å². The number of hydrogen-bond donors (Lipinski definition) is 2. The zero-order valence-electron chi connectivity index (χ0n) is 9.30. The lowest BCUT2D eigenvalue weighted by Gasteiger charge is -2.08. The van der Waals surface area contributed by atoms with Gasteiger partial charge in [0.1, 0.15) is 0 Å². The molecule has 2 N–H and O–H groups in total. The predicted molar refractivity (Wildman–Crippen MR) is 67.5 cm³/mol. The number of rotatable bonds is 4. The van der Waals surface area contributed by atoms with Gasteiger partial charge in [-0.1, -0.05) is 5.92 Å². The van der Waals surface area contributed by atoms with E-state index in [-0.39, 0.29) is 5.75 Å². The minimum absolute atomic E-state index is 0.125. The molecule has 0 amide bonds. The van der Waals surface area contributed by atoms with Gasteiger partial charge in [0.15, 0.2) is 11.5 Å². The SMILES string of the molecule is CC#CCNCc1cc(Br)c(O)c(OC)c1. The molecule has 0 aliphatic rings. The molecule has 0 aliphatic heterocycles. The van der Waals surface area contributed by atoms with Gasteiger partial charge in [0.2, 0.25) is 0 Å². The average Bonchev–Trinajstić information content (AvgIpc) is 2.29. The molecule has 3 nitrogen and oxygen atoms in total. The average molecular weight is 284 g/mol. The summed E-state index contributed by atoms with van der Waals surface area (Å²) in [6, 6.07) is 3.65. The van der Waals surface area contributed by atoms with E-state index in [4.69, 9.17) is 4.74 Å². The van der Waals surface area contributed by atoms with Crippen LogP contribution in [0.25, 0.3) is 0 Å². The normalized spacial score (nSPS) is 9.44. The highest BCUT2D eigenvalue weighted by Crippen LogP contribution is 2.35. The van der Waals surface area contributed by atoms with Crippen LogP contribution in [0.5, 0.6) is 11.5 Å². The number of aromatic hydroxyl groups is 1. The lowest BCUT2D eigenvalue weighted by molar-refractivity contribution is 0.371. The Bertz CT molecular complexity index is 421. The van der Waals surface area contributed by atoms with Crippen LogP contribution in [0, 0.1) is 11.8 Å². The lowest BCUT2D eigenvalue weighted by atomic mass is 10.2. The van der Waals surface area contributed by atoms with E-state index >= 15 is 0 Å². The molecule has 0 saturated heterocycles. The van der Waals surface area contributed by atoms with Crippen LogP contribution in [0.3, 0.4) is 0 Å². The molecule has 0 atom stereocenters. The molecule has 86 valence electrons. The zero-order valence-corrected chi connectivity index (χ0v) is 10.9. The Balaban J connectivity index is 2.72. The first-order valence-corrected chi connectivity index (χ1v) is 5.64. The Morgan fingerprint density at radius 3 is 2.88 bits per heavy atom. The first-order valence-electron chi connectivity index (χ1n) is 4.84. The van der Waals surface area contributed by atoms with E-state index in [1.165, 1.54) is 7.11 Å². The number of halogens is 1. The first-order chi connectivity index (χ1) is 7.69. The molecule has 0 unspecified atom stereocenters. The summed E-state index contributed by atoms with van der Waals surface area (Å²) in [6.07, 6.45) is 0. The van der Waals surface area contributed by atoms with Gasteiger partial charge in [0.25, 0.3) is 0 Å². The summed E-state index contributed by atoms with van der Waals surface area (Å²) in [4.78, 5) is 0. The van der Waals surface area contributed by atoms with Gasteiger partial charge < -0.3 is 15.2 Å². The number of ether oxygens (including phenoxy) is 1. The van der Waals surface area contributed by atoms with Crippen molar-refractivity contribution in [2.24, 2.45) is 0 Å². The molecule has 0 aliphatic carbocycles. The zero-order chi connectivity index (χ0) is 12.0. The highest BCUT2D eigenvalue weighted by molar-refractivity contribution is 9.10. The minimum atomic E-state index is 0.125. The van der Waals surface area contributed by atoms with Crippen molar-refractivity contribution >= 4 is 15.9 Å². The number of nitrogens with one attached hydrogen (secondary N) is 1. The summed E-state index contributed by atoms with van der Waals surface area (Å²) < 4.78 is 5.69. The fourth-order valence-corrected chi connectivity index (χ4v) is 1.73. The summed E-state index contributed by atoms with van der Waals surface area (Å²) >= 11 is 3.27. The molecule has 0 heterocycles. The van der Waals surface area contributed by atoms with Crippen molar-refractivity contribution in [2.45, 2.75) is 13.5 Å². The van der Waals surface area contributed by atoms with Gasteiger partial charge in [-0.3, -0.25) is 0 Å². The van der Waals surface area contributed by atoms with Gasteiger partial charge >= 0.3 is 0 Å². The maximum absolute atomic E-state index is 9.62. The van der Waals surface area contributed by atoms with Crippen molar-refractivity contribution in [3.63, 3.8) is 0 Å². The standard InChI is InChI=1S/C12H14BrNO2/c1-3-4-5-14-8-9-6-10(13)12(15)11(7-9)16-2/h6-7,14-15H,5,8H2,1-2H3. The Morgan fingerprint density at radius 1 is 1.50 bits per heavy atom. The summed E-state index contributed by atoms with van der Waals surface area (Å²) in [7, 11) is 1.53. The third kappa shape index (κ3) is 3.44. The van der Waals surface area contributed by atoms with E-state index in [0.29, 0.717) is 23.3 Å². The first kappa shape index (κ1) is 12.9. The Hall–Kier alpha value is -1.18. The molecule has 1 aromatic carbocycles. The van der Waals surface area contributed by atoms with Crippen molar-refractivity contribution in [2.75, 3.05) is 13.7 Å². The van der Waals surface area contributed by atoms with E-state index < -0.39 is 0 Å². The number of hydrogen-bond acceptors (Lipinski definition) is 3. The van der Waals surface area contributed by atoms with E-state index in [0.717, 1.165) is 5.56 Å². The molecule has 0 saturated carbocycles. The van der Waals surface area contributed by atoms with Gasteiger partial charge in [0.05, 0.1) is 18.1 Å². The third-order valence-electron chi connectivity index (χ3n) is 2.03. The molecular formula is C12H14BrNO2. The lowest BCUT2D eigenvalue weighted by Crippen LogP contribution is -2.13. The largest absolute Gasteiger partial charge is 0.503 e. The quantitative estimate of drug-likeness (QED) is 0.658. The van der Waals surface area contributed by atoms with Gasteiger partial charge in [-0.25, -0.2) is 0 Å².